The van der Waals surface area contributed by atoms with E-state index in [9.17, 15) is 8.78 Å². The largest absolute Gasteiger partial charge is 0.385 e. The molecule has 0 amide bonds. The molecule has 0 radical (unpaired) electrons. The summed E-state index contributed by atoms with van der Waals surface area (Å²) in [7, 11) is 0. The molecule has 0 saturated heterocycles. The fourth-order valence-corrected chi connectivity index (χ4v) is 0.754. The number of halogens is 2. The van der Waals surface area contributed by atoms with Crippen molar-refractivity contribution in [2.75, 3.05) is 6.54 Å². The molecular formula is C7H13F2N3O. The smallest absolute Gasteiger partial charge is 0.265 e. The molecule has 0 spiro atoms. The summed E-state index contributed by atoms with van der Waals surface area (Å²) in [6.45, 7) is -0.358. The van der Waals surface area contributed by atoms with E-state index in [0.717, 1.165) is 12.8 Å². The van der Waals surface area contributed by atoms with Crippen molar-refractivity contribution in [1.82, 2.24) is 5.32 Å². The van der Waals surface area contributed by atoms with E-state index in [-0.39, 0.29) is 12.5 Å². The molecule has 76 valence electrons. The third kappa shape index (κ3) is 4.02. The lowest BCUT2D eigenvalue weighted by Gasteiger charge is -2.07. The molecule has 13 heavy (non-hydrogen) atoms. The molecule has 0 aromatic heterocycles. The maximum absolute atomic E-state index is 11.8. The fourth-order valence-electron chi connectivity index (χ4n) is 0.754. The number of aliphatic hydroxyl groups excluding tert-OH is 1. The first-order chi connectivity index (χ1) is 6.09. The van der Waals surface area contributed by atoms with Crippen LogP contribution in [0.25, 0.3) is 0 Å². The van der Waals surface area contributed by atoms with Crippen LogP contribution < -0.4 is 11.1 Å². The highest BCUT2D eigenvalue weighted by Crippen LogP contribution is 2.17. The molecule has 1 atom stereocenters. The van der Waals surface area contributed by atoms with Crippen molar-refractivity contribution in [2.24, 2.45) is 10.7 Å². The summed E-state index contributed by atoms with van der Waals surface area (Å²) in [6.07, 6.45) is -2.42. The van der Waals surface area contributed by atoms with Crippen LogP contribution in [0.2, 0.25) is 0 Å². The van der Waals surface area contributed by atoms with Crippen LogP contribution in [0.5, 0.6) is 0 Å². The number of alkyl halides is 2. The maximum atomic E-state index is 11.8. The Labute approximate surface area is 74.8 Å². The van der Waals surface area contributed by atoms with Gasteiger partial charge in [0.2, 0.25) is 0 Å². The molecule has 0 aromatic carbocycles. The number of guanidine groups is 1. The van der Waals surface area contributed by atoms with Gasteiger partial charge in [0.05, 0.1) is 6.54 Å². The third-order valence-corrected chi connectivity index (χ3v) is 1.67. The number of aliphatic hydroxyl groups is 1. The summed E-state index contributed by atoms with van der Waals surface area (Å²) in [6, 6.07) is 0.340. The van der Waals surface area contributed by atoms with Gasteiger partial charge in [0.1, 0.15) is 6.10 Å². The summed E-state index contributed by atoms with van der Waals surface area (Å²) < 4.78 is 23.5. The maximum Gasteiger partial charge on any atom is 0.265 e. The average molecular weight is 193 g/mol. The van der Waals surface area contributed by atoms with Crippen LogP contribution >= 0.6 is 0 Å². The Morgan fingerprint density at radius 2 is 2.23 bits per heavy atom. The van der Waals surface area contributed by atoms with Crippen LogP contribution in [0.15, 0.2) is 4.99 Å². The van der Waals surface area contributed by atoms with E-state index < -0.39 is 12.5 Å². The lowest BCUT2D eigenvalue weighted by molar-refractivity contribution is 0.00175. The highest BCUT2D eigenvalue weighted by Gasteiger charge is 2.21. The van der Waals surface area contributed by atoms with Gasteiger partial charge in [-0.15, -0.1) is 0 Å². The average Bonchev–Trinajstić information content (AvgIpc) is 2.83. The summed E-state index contributed by atoms with van der Waals surface area (Å²) in [5, 5.41) is 11.5. The lowest BCUT2D eigenvalue weighted by atomic mass is 10.4. The highest BCUT2D eigenvalue weighted by molar-refractivity contribution is 5.78. The molecule has 0 aliphatic heterocycles. The van der Waals surface area contributed by atoms with Gasteiger partial charge >= 0.3 is 0 Å². The molecule has 1 aliphatic carbocycles. The normalized spacial score (nSPS) is 20.5. The summed E-state index contributed by atoms with van der Waals surface area (Å²) in [4.78, 5) is 3.58. The second kappa shape index (κ2) is 4.36. The van der Waals surface area contributed by atoms with Crippen LogP contribution in [-0.2, 0) is 0 Å². The fraction of sp³-hybridized carbons (Fsp3) is 0.857. The van der Waals surface area contributed by atoms with Gasteiger partial charge in [-0.1, -0.05) is 0 Å². The highest BCUT2D eigenvalue weighted by atomic mass is 19.3. The van der Waals surface area contributed by atoms with Crippen molar-refractivity contribution < 1.29 is 13.9 Å². The zero-order valence-corrected chi connectivity index (χ0v) is 7.08. The van der Waals surface area contributed by atoms with Crippen molar-refractivity contribution in [3.63, 3.8) is 0 Å². The van der Waals surface area contributed by atoms with E-state index >= 15 is 0 Å². The van der Waals surface area contributed by atoms with E-state index in [2.05, 4.69) is 10.3 Å². The number of hydrogen-bond acceptors (Lipinski definition) is 2. The molecular weight excluding hydrogens is 180 g/mol. The molecule has 1 saturated carbocycles. The Balaban J connectivity index is 2.20. The van der Waals surface area contributed by atoms with Crippen molar-refractivity contribution >= 4 is 5.96 Å². The van der Waals surface area contributed by atoms with Gasteiger partial charge in [0, 0.05) is 6.04 Å². The van der Waals surface area contributed by atoms with E-state index in [4.69, 9.17) is 10.8 Å². The van der Waals surface area contributed by atoms with E-state index in [1.54, 1.807) is 0 Å². The van der Waals surface area contributed by atoms with Gasteiger partial charge in [0.15, 0.2) is 5.96 Å². The Bertz CT molecular complexity index is 194. The predicted octanol–water partition coefficient (Wildman–Crippen LogP) is -0.321. The number of aliphatic imine (C=N–C) groups is 1. The third-order valence-electron chi connectivity index (χ3n) is 1.67. The number of rotatable bonds is 4. The predicted molar refractivity (Wildman–Crippen MR) is 44.7 cm³/mol. The summed E-state index contributed by atoms with van der Waals surface area (Å²) in [5.41, 5.74) is 5.35. The molecule has 0 bridgehead atoms. The Kier molecular flexibility index (Phi) is 3.41. The number of nitrogens with zero attached hydrogens (tertiary/aromatic N) is 1. The number of hydrogen-bond donors (Lipinski definition) is 3. The second-order valence-corrected chi connectivity index (χ2v) is 3.05. The van der Waals surface area contributed by atoms with Crippen LogP contribution in [0.3, 0.4) is 0 Å². The summed E-state index contributed by atoms with van der Waals surface area (Å²) in [5.74, 6) is 0.127. The van der Waals surface area contributed by atoms with Crippen LogP contribution in [0.4, 0.5) is 8.78 Å². The lowest BCUT2D eigenvalue weighted by Crippen LogP contribution is -2.34. The molecule has 1 rings (SSSR count). The Morgan fingerprint density at radius 1 is 1.62 bits per heavy atom. The molecule has 1 unspecified atom stereocenters. The van der Waals surface area contributed by atoms with Gasteiger partial charge < -0.3 is 16.2 Å². The van der Waals surface area contributed by atoms with Crippen molar-refractivity contribution in [3.05, 3.63) is 0 Å². The Hall–Kier alpha value is -0.910. The van der Waals surface area contributed by atoms with Gasteiger partial charge in [-0.2, -0.15) is 0 Å². The zero-order valence-electron chi connectivity index (χ0n) is 7.08. The topological polar surface area (TPSA) is 70.6 Å². The minimum atomic E-state index is -2.77. The monoisotopic (exact) mass is 193 g/mol. The first kappa shape index (κ1) is 10.2. The molecule has 0 aromatic rings. The quantitative estimate of drug-likeness (QED) is 0.423. The summed E-state index contributed by atoms with van der Waals surface area (Å²) >= 11 is 0. The molecule has 4 nitrogen and oxygen atoms in total. The van der Waals surface area contributed by atoms with Gasteiger partial charge in [-0.3, -0.25) is 4.99 Å². The van der Waals surface area contributed by atoms with Gasteiger partial charge in [0.25, 0.3) is 6.43 Å². The second-order valence-electron chi connectivity index (χ2n) is 3.05. The van der Waals surface area contributed by atoms with E-state index in [1.807, 2.05) is 0 Å². The molecule has 4 N–H and O–H groups in total. The molecule has 1 aliphatic rings. The van der Waals surface area contributed by atoms with Crippen LogP contribution in [0.1, 0.15) is 12.8 Å². The minimum Gasteiger partial charge on any atom is -0.385 e. The standard InChI is InChI=1S/C7H13F2N3O/c8-6(9)5(13)3-11-7(10)12-4-1-2-4/h4-6,13H,1-3H2,(H3,10,11,12). The van der Waals surface area contributed by atoms with Crippen molar-refractivity contribution in [1.29, 1.82) is 0 Å². The molecule has 0 heterocycles. The minimum absolute atomic E-state index is 0.127. The first-order valence-electron chi connectivity index (χ1n) is 4.12. The SMILES string of the molecule is NC(=NCC(O)C(F)F)NC1CC1. The van der Waals surface area contributed by atoms with Crippen molar-refractivity contribution in [2.45, 2.75) is 31.4 Å². The van der Waals surface area contributed by atoms with Crippen molar-refractivity contribution in [3.8, 4) is 0 Å². The zero-order chi connectivity index (χ0) is 9.84. The van der Waals surface area contributed by atoms with E-state index in [0.29, 0.717) is 6.04 Å². The van der Waals surface area contributed by atoms with Crippen LogP contribution in [0, 0.1) is 0 Å². The molecule has 6 heteroatoms. The van der Waals surface area contributed by atoms with Gasteiger partial charge in [-0.25, -0.2) is 8.78 Å². The number of nitrogens with two attached hydrogens (primary N) is 1. The Morgan fingerprint density at radius 3 is 2.69 bits per heavy atom. The van der Waals surface area contributed by atoms with E-state index in [1.165, 1.54) is 0 Å². The first-order valence-corrected chi connectivity index (χ1v) is 4.12. The molecule has 1 fully saturated rings. The van der Waals surface area contributed by atoms with Crippen LogP contribution in [-0.4, -0.2) is 36.2 Å². The van der Waals surface area contributed by atoms with Gasteiger partial charge in [-0.05, 0) is 12.8 Å². The number of nitrogens with one attached hydrogen (secondary N) is 1.